The second kappa shape index (κ2) is 9.58. The van der Waals surface area contributed by atoms with Gasteiger partial charge in [0, 0.05) is 35.8 Å². The molecule has 6 nitrogen and oxygen atoms in total. The van der Waals surface area contributed by atoms with Crippen molar-refractivity contribution >= 4 is 22.5 Å². The Labute approximate surface area is 195 Å². The van der Waals surface area contributed by atoms with Crippen molar-refractivity contribution in [1.82, 2.24) is 15.3 Å². The fourth-order valence-corrected chi connectivity index (χ4v) is 4.63. The Morgan fingerprint density at radius 2 is 1.88 bits per heavy atom. The summed E-state index contributed by atoms with van der Waals surface area (Å²) in [6, 6.07) is 6.83. The first-order valence-corrected chi connectivity index (χ1v) is 11.3. The smallest absolute Gasteiger partial charge is 0.266 e. The topological polar surface area (TPSA) is 87.1 Å². The van der Waals surface area contributed by atoms with Crippen molar-refractivity contribution in [2.45, 2.75) is 50.7 Å². The number of hydrogen-bond acceptors (Lipinski definition) is 5. The molecule has 1 aliphatic rings. The number of benzene rings is 1. The highest BCUT2D eigenvalue weighted by Crippen LogP contribution is 2.40. The minimum absolute atomic E-state index is 0.0265. The van der Waals surface area contributed by atoms with Gasteiger partial charge in [0.2, 0.25) is 5.91 Å². The minimum atomic E-state index is -2.90. The van der Waals surface area contributed by atoms with Crippen molar-refractivity contribution in [2.75, 3.05) is 12.4 Å². The number of hydrogen-bond donors (Lipinski definition) is 3. The quantitative estimate of drug-likeness (QED) is 0.470. The summed E-state index contributed by atoms with van der Waals surface area (Å²) in [6.07, 6.45) is 2.13. The van der Waals surface area contributed by atoms with Gasteiger partial charge in [-0.25, -0.2) is 13.2 Å². The second-order valence-electron chi connectivity index (χ2n) is 8.78. The first kappa shape index (κ1) is 23.9. The van der Waals surface area contributed by atoms with Crippen LogP contribution in [0.3, 0.4) is 0 Å². The third kappa shape index (κ3) is 4.57. The lowest BCUT2D eigenvalue weighted by Crippen LogP contribution is -2.37. The van der Waals surface area contributed by atoms with E-state index in [1.165, 1.54) is 12.1 Å². The van der Waals surface area contributed by atoms with E-state index in [0.29, 0.717) is 48.0 Å². The molecule has 1 aromatic carbocycles. The average molecular weight is 473 g/mol. The van der Waals surface area contributed by atoms with Crippen LogP contribution in [-0.2, 0) is 10.4 Å². The molecule has 2 heterocycles. The van der Waals surface area contributed by atoms with E-state index in [1.54, 1.807) is 38.5 Å². The van der Waals surface area contributed by atoms with Crippen LogP contribution in [0, 0.1) is 11.7 Å². The number of carbonyl (C=O) groups is 1. The van der Waals surface area contributed by atoms with Crippen molar-refractivity contribution in [3.05, 3.63) is 65.4 Å². The molecule has 180 valence electrons. The lowest BCUT2D eigenvalue weighted by molar-refractivity contribution is -0.127. The van der Waals surface area contributed by atoms with Crippen molar-refractivity contribution in [3.8, 4) is 0 Å². The number of nitrogens with zero attached hydrogens (tertiary/aromatic N) is 2. The van der Waals surface area contributed by atoms with E-state index in [9.17, 15) is 23.1 Å². The monoisotopic (exact) mass is 472 g/mol. The fourth-order valence-electron chi connectivity index (χ4n) is 4.63. The number of fused-ring (bicyclic) bond motifs is 1. The van der Waals surface area contributed by atoms with Gasteiger partial charge in [0.25, 0.3) is 6.43 Å². The van der Waals surface area contributed by atoms with E-state index in [4.69, 9.17) is 0 Å². The zero-order valence-corrected chi connectivity index (χ0v) is 19.0. The van der Waals surface area contributed by atoms with Gasteiger partial charge in [0.05, 0.1) is 29.0 Å². The number of aromatic nitrogens is 2. The molecule has 0 unspecified atom stereocenters. The number of amides is 1. The predicted octanol–water partition coefficient (Wildman–Crippen LogP) is 5.00. The maximum absolute atomic E-state index is 14.7. The van der Waals surface area contributed by atoms with E-state index < -0.39 is 29.4 Å². The molecule has 0 aliphatic heterocycles. The normalized spacial score (nSPS) is 21.4. The van der Waals surface area contributed by atoms with Gasteiger partial charge in [-0.3, -0.25) is 14.8 Å². The van der Waals surface area contributed by atoms with E-state index in [1.807, 2.05) is 0 Å². The van der Waals surface area contributed by atoms with Crippen LogP contribution in [0.15, 0.2) is 42.7 Å². The van der Waals surface area contributed by atoms with Crippen LogP contribution in [0.5, 0.6) is 0 Å². The molecule has 1 fully saturated rings. The number of anilines is 1. The molecule has 34 heavy (non-hydrogen) atoms. The molecule has 0 spiro atoms. The summed E-state index contributed by atoms with van der Waals surface area (Å²) in [7, 11) is 1.60. The van der Waals surface area contributed by atoms with Crippen LogP contribution in [0.1, 0.15) is 61.9 Å². The molecule has 0 radical (unpaired) electrons. The van der Waals surface area contributed by atoms with Crippen LogP contribution >= 0.6 is 0 Å². The van der Waals surface area contributed by atoms with Crippen LogP contribution < -0.4 is 10.6 Å². The fraction of sp³-hybridized carbons (Fsp3) is 0.400. The Hall–Kier alpha value is -3.20. The molecule has 9 heteroatoms. The highest BCUT2D eigenvalue weighted by molar-refractivity contribution is 5.91. The summed E-state index contributed by atoms with van der Waals surface area (Å²) in [5.74, 6) is -1.09. The van der Waals surface area contributed by atoms with Gasteiger partial charge in [-0.1, -0.05) is 18.2 Å². The highest BCUT2D eigenvalue weighted by atomic mass is 19.3. The molecular formula is C25H27F3N4O2. The third-order valence-electron chi connectivity index (χ3n) is 6.67. The number of rotatable bonds is 6. The number of halogens is 3. The number of pyridine rings is 2. The summed E-state index contributed by atoms with van der Waals surface area (Å²) in [4.78, 5) is 20.7. The number of nitrogens with one attached hydrogen (secondary N) is 2. The Kier molecular flexibility index (Phi) is 6.74. The van der Waals surface area contributed by atoms with Gasteiger partial charge >= 0.3 is 0 Å². The van der Waals surface area contributed by atoms with Crippen molar-refractivity contribution in [3.63, 3.8) is 0 Å². The number of carbonyl (C=O) groups excluding carboxylic acids is 1. The van der Waals surface area contributed by atoms with Gasteiger partial charge in [0.1, 0.15) is 11.4 Å². The Morgan fingerprint density at radius 1 is 1.18 bits per heavy atom. The molecule has 4 rings (SSSR count). The van der Waals surface area contributed by atoms with Gasteiger partial charge < -0.3 is 15.7 Å². The Balaban J connectivity index is 1.62. The number of alkyl halides is 2. The van der Waals surface area contributed by atoms with Crippen molar-refractivity contribution < 1.29 is 23.1 Å². The zero-order valence-electron chi connectivity index (χ0n) is 19.0. The molecule has 1 atom stereocenters. The zero-order chi connectivity index (χ0) is 24.5. The highest BCUT2D eigenvalue weighted by Gasteiger charge is 2.38. The van der Waals surface area contributed by atoms with Crippen LogP contribution in [0.4, 0.5) is 18.9 Å². The summed E-state index contributed by atoms with van der Waals surface area (Å²) >= 11 is 0. The van der Waals surface area contributed by atoms with E-state index in [2.05, 4.69) is 20.6 Å². The molecule has 3 N–H and O–H groups in total. The Bertz CT molecular complexity index is 1200. The predicted molar refractivity (Wildman–Crippen MR) is 123 cm³/mol. The lowest BCUT2D eigenvalue weighted by Gasteiger charge is -2.35. The summed E-state index contributed by atoms with van der Waals surface area (Å²) in [5, 5.41) is 17.8. The van der Waals surface area contributed by atoms with E-state index in [-0.39, 0.29) is 17.4 Å². The van der Waals surface area contributed by atoms with Crippen LogP contribution in [0.25, 0.3) is 10.9 Å². The first-order valence-electron chi connectivity index (χ1n) is 11.3. The standard InChI is InChI=1S/C25H27F3N4O2/c1-14(16-4-3-5-17(22(16)26)23(27)28)32-19-8-11-30-20-13-31-21(12-18(19)20)25(34)9-6-15(7-10-25)24(33)29-2/h3-5,8,11-15,23,34H,6-7,9-10H2,1-2H3,(H,29,33)(H,30,32)/t14-,15?,25?/m1/s1. The molecule has 1 aliphatic carbocycles. The number of aliphatic hydroxyl groups is 1. The molecule has 0 saturated heterocycles. The summed E-state index contributed by atoms with van der Waals surface area (Å²) in [5.41, 5.74) is -0.00854. The van der Waals surface area contributed by atoms with Gasteiger partial charge in [-0.15, -0.1) is 0 Å². The summed E-state index contributed by atoms with van der Waals surface area (Å²) in [6.45, 7) is 1.69. The Morgan fingerprint density at radius 3 is 2.56 bits per heavy atom. The minimum Gasteiger partial charge on any atom is -0.384 e. The second-order valence-corrected chi connectivity index (χ2v) is 8.78. The van der Waals surface area contributed by atoms with Gasteiger partial charge in [-0.05, 0) is 44.7 Å². The van der Waals surface area contributed by atoms with E-state index in [0.717, 1.165) is 6.07 Å². The largest absolute Gasteiger partial charge is 0.384 e. The van der Waals surface area contributed by atoms with Crippen LogP contribution in [-0.4, -0.2) is 28.0 Å². The van der Waals surface area contributed by atoms with Crippen molar-refractivity contribution in [2.24, 2.45) is 5.92 Å². The molecule has 1 saturated carbocycles. The maximum atomic E-state index is 14.7. The molecule has 0 bridgehead atoms. The summed E-state index contributed by atoms with van der Waals surface area (Å²) < 4.78 is 40.9. The average Bonchev–Trinajstić information content (AvgIpc) is 2.83. The van der Waals surface area contributed by atoms with Crippen molar-refractivity contribution in [1.29, 1.82) is 0 Å². The van der Waals surface area contributed by atoms with Gasteiger partial charge in [0.15, 0.2) is 0 Å². The molecule has 1 amide bonds. The maximum Gasteiger partial charge on any atom is 0.266 e. The molecule has 2 aromatic heterocycles. The van der Waals surface area contributed by atoms with Crippen LogP contribution in [0.2, 0.25) is 0 Å². The van der Waals surface area contributed by atoms with Gasteiger partial charge in [-0.2, -0.15) is 0 Å². The molecule has 3 aromatic rings. The lowest BCUT2D eigenvalue weighted by atomic mass is 9.76. The molecular weight excluding hydrogens is 445 g/mol. The third-order valence-corrected chi connectivity index (χ3v) is 6.67. The van der Waals surface area contributed by atoms with E-state index >= 15 is 0 Å². The SMILES string of the molecule is CNC(=O)C1CCC(O)(c2cc3c(N[C@H](C)c4cccc(C(F)F)c4F)ccnc3cn2)CC1. The first-order chi connectivity index (χ1) is 16.2.